The predicted molar refractivity (Wildman–Crippen MR) is 118 cm³/mol. The second-order valence-electron chi connectivity index (χ2n) is 7.01. The number of thiocarbonyl (C=S) groups is 1. The zero-order valence-electron chi connectivity index (χ0n) is 15.8. The molecule has 2 aromatic carbocycles. The minimum atomic E-state index is 0.232. The SMILES string of the molecule is CN(C)c1ccc(CN(C[C@H]2CCCO2)C(=S)Nc2ccc(Cl)cc2)cc1. The van der Waals surface area contributed by atoms with Gasteiger partial charge in [-0.2, -0.15) is 0 Å². The van der Waals surface area contributed by atoms with Gasteiger partial charge in [-0.3, -0.25) is 0 Å². The molecule has 6 heteroatoms. The lowest BCUT2D eigenvalue weighted by Crippen LogP contribution is -2.39. The summed E-state index contributed by atoms with van der Waals surface area (Å²) >= 11 is 11.7. The Kier molecular flexibility index (Phi) is 6.94. The molecule has 0 radical (unpaired) electrons. The number of nitrogens with zero attached hydrogens (tertiary/aromatic N) is 2. The van der Waals surface area contributed by atoms with Crippen molar-refractivity contribution in [2.75, 3.05) is 37.5 Å². The van der Waals surface area contributed by atoms with Crippen LogP contribution in [-0.2, 0) is 11.3 Å². The molecule has 27 heavy (non-hydrogen) atoms. The van der Waals surface area contributed by atoms with Gasteiger partial charge in [0.05, 0.1) is 6.10 Å². The number of anilines is 2. The third kappa shape index (κ3) is 5.83. The number of nitrogens with one attached hydrogen (secondary N) is 1. The van der Waals surface area contributed by atoms with Crippen molar-refractivity contribution in [3.63, 3.8) is 0 Å². The molecule has 0 aliphatic carbocycles. The van der Waals surface area contributed by atoms with Crippen molar-refractivity contribution in [3.8, 4) is 0 Å². The average Bonchev–Trinajstić information content (AvgIpc) is 3.16. The molecule has 0 bridgehead atoms. The summed E-state index contributed by atoms with van der Waals surface area (Å²) in [6.07, 6.45) is 2.43. The van der Waals surface area contributed by atoms with Crippen LogP contribution in [0.15, 0.2) is 48.5 Å². The quantitative estimate of drug-likeness (QED) is 0.700. The van der Waals surface area contributed by atoms with Gasteiger partial charge in [0.25, 0.3) is 0 Å². The fourth-order valence-electron chi connectivity index (χ4n) is 3.11. The number of hydrogen-bond acceptors (Lipinski definition) is 3. The monoisotopic (exact) mass is 403 g/mol. The Morgan fingerprint density at radius 1 is 1.15 bits per heavy atom. The summed E-state index contributed by atoms with van der Waals surface area (Å²) in [4.78, 5) is 4.28. The van der Waals surface area contributed by atoms with E-state index in [1.165, 1.54) is 11.3 Å². The highest BCUT2D eigenvalue weighted by Crippen LogP contribution is 2.19. The summed E-state index contributed by atoms with van der Waals surface area (Å²) in [5.74, 6) is 0. The number of rotatable bonds is 6. The maximum absolute atomic E-state index is 5.98. The summed E-state index contributed by atoms with van der Waals surface area (Å²) in [6.45, 7) is 2.37. The molecule has 1 aliphatic rings. The van der Waals surface area contributed by atoms with E-state index < -0.39 is 0 Å². The number of hydrogen-bond donors (Lipinski definition) is 1. The highest BCUT2D eigenvalue weighted by molar-refractivity contribution is 7.80. The van der Waals surface area contributed by atoms with Crippen LogP contribution in [0.2, 0.25) is 5.02 Å². The van der Waals surface area contributed by atoms with Crippen LogP contribution in [0.5, 0.6) is 0 Å². The van der Waals surface area contributed by atoms with Crippen LogP contribution in [0.25, 0.3) is 0 Å². The van der Waals surface area contributed by atoms with Gasteiger partial charge in [-0.1, -0.05) is 23.7 Å². The van der Waals surface area contributed by atoms with Crippen LogP contribution < -0.4 is 10.2 Å². The van der Waals surface area contributed by atoms with Gasteiger partial charge in [0.15, 0.2) is 5.11 Å². The first-order valence-corrected chi connectivity index (χ1v) is 9.99. The molecule has 0 aromatic heterocycles. The third-order valence-electron chi connectivity index (χ3n) is 4.66. The van der Waals surface area contributed by atoms with Gasteiger partial charge >= 0.3 is 0 Å². The van der Waals surface area contributed by atoms with E-state index in [0.717, 1.165) is 38.2 Å². The zero-order chi connectivity index (χ0) is 19.2. The second-order valence-corrected chi connectivity index (χ2v) is 7.84. The van der Waals surface area contributed by atoms with Gasteiger partial charge in [-0.05, 0) is 67.0 Å². The minimum absolute atomic E-state index is 0.232. The lowest BCUT2D eigenvalue weighted by molar-refractivity contribution is 0.0905. The Labute approximate surface area is 172 Å². The minimum Gasteiger partial charge on any atom is -0.378 e. The van der Waals surface area contributed by atoms with Crippen molar-refractivity contribution in [2.24, 2.45) is 0 Å². The highest BCUT2D eigenvalue weighted by Gasteiger charge is 2.21. The van der Waals surface area contributed by atoms with Crippen LogP contribution >= 0.6 is 23.8 Å². The second kappa shape index (κ2) is 9.40. The van der Waals surface area contributed by atoms with Gasteiger partial charge in [0, 0.05) is 50.2 Å². The zero-order valence-corrected chi connectivity index (χ0v) is 17.4. The van der Waals surface area contributed by atoms with E-state index in [0.29, 0.717) is 10.1 Å². The Hall–Kier alpha value is -1.82. The molecule has 1 fully saturated rings. The summed E-state index contributed by atoms with van der Waals surface area (Å²) < 4.78 is 5.83. The summed E-state index contributed by atoms with van der Waals surface area (Å²) in [5.41, 5.74) is 3.34. The number of ether oxygens (including phenoxy) is 1. The molecule has 0 unspecified atom stereocenters. The van der Waals surface area contributed by atoms with Crippen molar-refractivity contribution in [1.29, 1.82) is 0 Å². The van der Waals surface area contributed by atoms with Crippen molar-refractivity contribution in [2.45, 2.75) is 25.5 Å². The molecule has 1 aliphatic heterocycles. The van der Waals surface area contributed by atoms with Gasteiger partial charge in [0.1, 0.15) is 0 Å². The van der Waals surface area contributed by atoms with Crippen LogP contribution in [-0.4, -0.2) is 43.4 Å². The van der Waals surface area contributed by atoms with Crippen LogP contribution in [0.1, 0.15) is 18.4 Å². The summed E-state index contributed by atoms with van der Waals surface area (Å²) in [6, 6.07) is 16.2. The van der Waals surface area contributed by atoms with Gasteiger partial charge in [-0.15, -0.1) is 0 Å². The Morgan fingerprint density at radius 2 is 1.85 bits per heavy atom. The smallest absolute Gasteiger partial charge is 0.173 e. The third-order valence-corrected chi connectivity index (χ3v) is 5.27. The van der Waals surface area contributed by atoms with Gasteiger partial charge < -0.3 is 19.9 Å². The normalized spacial score (nSPS) is 16.2. The van der Waals surface area contributed by atoms with Gasteiger partial charge in [0.2, 0.25) is 0 Å². The largest absolute Gasteiger partial charge is 0.378 e. The molecule has 1 heterocycles. The number of benzene rings is 2. The average molecular weight is 404 g/mol. The summed E-state index contributed by atoms with van der Waals surface area (Å²) in [7, 11) is 4.09. The maximum atomic E-state index is 5.98. The molecule has 4 nitrogen and oxygen atoms in total. The first-order chi connectivity index (χ1) is 13.0. The van der Waals surface area contributed by atoms with E-state index in [-0.39, 0.29) is 6.10 Å². The maximum Gasteiger partial charge on any atom is 0.173 e. The standard InChI is InChI=1S/C21H26ClN3OS/c1-24(2)19-11-5-16(6-12-19)14-25(15-20-4-3-13-26-20)21(27)23-18-9-7-17(22)8-10-18/h5-12,20H,3-4,13-15H2,1-2H3,(H,23,27)/t20-/m1/s1. The van der Waals surface area contributed by atoms with E-state index in [2.05, 4.69) is 39.4 Å². The van der Waals surface area contributed by atoms with Gasteiger partial charge in [-0.25, -0.2) is 0 Å². The molecule has 3 rings (SSSR count). The molecular weight excluding hydrogens is 378 g/mol. The van der Waals surface area contributed by atoms with Crippen LogP contribution in [0.4, 0.5) is 11.4 Å². The summed E-state index contributed by atoms with van der Waals surface area (Å²) in [5, 5.41) is 4.74. The van der Waals surface area contributed by atoms with Crippen molar-refractivity contribution < 1.29 is 4.74 Å². The molecule has 1 N–H and O–H groups in total. The van der Waals surface area contributed by atoms with E-state index in [1.54, 1.807) is 0 Å². The molecule has 2 aromatic rings. The van der Waals surface area contributed by atoms with E-state index in [1.807, 2.05) is 38.4 Å². The van der Waals surface area contributed by atoms with E-state index >= 15 is 0 Å². The first kappa shape index (κ1) is 19.9. The van der Waals surface area contributed by atoms with Crippen molar-refractivity contribution in [3.05, 3.63) is 59.1 Å². The first-order valence-electron chi connectivity index (χ1n) is 9.20. The molecule has 0 amide bonds. The van der Waals surface area contributed by atoms with Crippen LogP contribution in [0, 0.1) is 0 Å². The van der Waals surface area contributed by atoms with E-state index in [9.17, 15) is 0 Å². The Balaban J connectivity index is 1.70. The fraction of sp³-hybridized carbons (Fsp3) is 0.381. The Bertz CT molecular complexity index is 743. The molecule has 0 saturated carbocycles. The molecule has 1 saturated heterocycles. The Morgan fingerprint density at radius 3 is 2.44 bits per heavy atom. The number of halogens is 1. The van der Waals surface area contributed by atoms with Crippen molar-refractivity contribution >= 4 is 40.3 Å². The highest BCUT2D eigenvalue weighted by atomic mass is 35.5. The fourth-order valence-corrected chi connectivity index (χ4v) is 3.49. The van der Waals surface area contributed by atoms with Crippen LogP contribution in [0.3, 0.4) is 0 Å². The van der Waals surface area contributed by atoms with E-state index in [4.69, 9.17) is 28.6 Å². The molecule has 1 atom stereocenters. The topological polar surface area (TPSA) is 27.7 Å². The lowest BCUT2D eigenvalue weighted by Gasteiger charge is -2.28. The molecule has 0 spiro atoms. The molecule has 144 valence electrons. The van der Waals surface area contributed by atoms with Crippen molar-refractivity contribution in [1.82, 2.24) is 4.90 Å². The predicted octanol–water partition coefficient (Wildman–Crippen LogP) is 4.78. The molecular formula is C21H26ClN3OS. The lowest BCUT2D eigenvalue weighted by atomic mass is 10.1.